The molecule has 0 radical (unpaired) electrons. The number of benzene rings is 1. The van der Waals surface area contributed by atoms with Crippen molar-refractivity contribution >= 4 is 35.2 Å². The van der Waals surface area contributed by atoms with Crippen LogP contribution in [-0.4, -0.2) is 94.4 Å². The summed E-state index contributed by atoms with van der Waals surface area (Å²) in [6.07, 6.45) is -9.23. The van der Waals surface area contributed by atoms with Gasteiger partial charge in [-0.05, 0) is 6.07 Å². The fourth-order valence-electron chi connectivity index (χ4n) is 3.83. The highest BCUT2D eigenvalue weighted by atomic mass is 35.5. The Kier molecular flexibility index (Phi) is 7.71. The van der Waals surface area contributed by atoms with Crippen LogP contribution >= 0.6 is 11.6 Å². The zero-order valence-electron chi connectivity index (χ0n) is 17.0. The third-order valence-corrected chi connectivity index (χ3v) is 5.74. The number of aliphatic carboxylic acids is 3. The number of halogens is 1. The van der Waals surface area contributed by atoms with Crippen LogP contribution in [0.25, 0.3) is 0 Å². The minimum atomic E-state index is -3.37. The molecule has 0 aliphatic carbocycles. The summed E-state index contributed by atoms with van der Waals surface area (Å²) in [6, 6.07) is 2.71. The fourth-order valence-corrected chi connectivity index (χ4v) is 4.05. The number of hydrogen-bond donors (Lipinski definition) is 7. The molecule has 0 bridgehead atoms. The van der Waals surface area contributed by atoms with E-state index in [9.17, 15) is 60.2 Å². The molecule has 1 aromatic carbocycles. The van der Waals surface area contributed by atoms with Crippen LogP contribution in [0.3, 0.4) is 0 Å². The van der Waals surface area contributed by atoms with Crippen LogP contribution in [0.5, 0.6) is 5.75 Å². The summed E-state index contributed by atoms with van der Waals surface area (Å²) >= 11 is 5.92. The van der Waals surface area contributed by atoms with E-state index in [1.165, 1.54) is 0 Å². The van der Waals surface area contributed by atoms with E-state index < -0.39 is 94.4 Å². The molecule has 34 heavy (non-hydrogen) atoms. The Hall–Kier alpha value is -3.08. The Balaban J connectivity index is 2.68. The predicted octanol–water partition coefficient (Wildman–Crippen LogP) is -1.04. The maximum absolute atomic E-state index is 11.5. The van der Waals surface area contributed by atoms with E-state index in [4.69, 9.17) is 21.1 Å². The smallest absolute Gasteiger partial charge is 0.306 e. The number of hydrogen-bond acceptors (Lipinski definition) is 11. The van der Waals surface area contributed by atoms with E-state index in [2.05, 4.69) is 0 Å². The largest absolute Gasteiger partial charge is 0.481 e. The van der Waals surface area contributed by atoms with Gasteiger partial charge in [0.1, 0.15) is 28.7 Å². The maximum Gasteiger partial charge on any atom is 0.306 e. The van der Waals surface area contributed by atoms with Crippen molar-refractivity contribution in [1.82, 2.24) is 0 Å². The minimum Gasteiger partial charge on any atom is -0.481 e. The quantitative estimate of drug-likeness (QED) is 0.147. The molecule has 1 aliphatic rings. The number of aliphatic hydroxyl groups excluding tert-OH is 2. The van der Waals surface area contributed by atoms with Crippen LogP contribution < -0.4 is 4.74 Å². The normalized spacial score (nSPS) is 31.0. The van der Waals surface area contributed by atoms with E-state index in [1.54, 1.807) is 0 Å². The number of carboxylic acids is 3. The van der Waals surface area contributed by atoms with Crippen molar-refractivity contribution in [3.8, 4) is 5.75 Å². The molecule has 7 N–H and O–H groups in total. The van der Waals surface area contributed by atoms with E-state index in [-0.39, 0.29) is 0 Å². The van der Waals surface area contributed by atoms with E-state index in [0.717, 1.165) is 18.2 Å². The molecule has 1 fully saturated rings. The average molecular weight is 510 g/mol. The molecule has 1 heterocycles. The maximum atomic E-state index is 11.5. The molecule has 1 aromatic rings. The van der Waals surface area contributed by atoms with Crippen LogP contribution in [0.4, 0.5) is 5.69 Å². The number of nitro benzene ring substituents is 1. The van der Waals surface area contributed by atoms with Gasteiger partial charge in [0.25, 0.3) is 5.69 Å². The number of rotatable bonds is 10. The first-order valence-electron chi connectivity index (χ1n) is 9.30. The number of ether oxygens (including phenoxy) is 2. The van der Waals surface area contributed by atoms with Crippen LogP contribution in [-0.2, 0) is 19.1 Å². The van der Waals surface area contributed by atoms with Crippen molar-refractivity contribution in [3.63, 3.8) is 0 Å². The summed E-state index contributed by atoms with van der Waals surface area (Å²) in [5.74, 6) is -5.89. The van der Waals surface area contributed by atoms with Crippen LogP contribution in [0.1, 0.15) is 19.3 Å². The number of carboxylic acid groups (broad SMARTS) is 3. The van der Waals surface area contributed by atoms with Crippen molar-refractivity contribution in [2.45, 2.75) is 48.5 Å². The first kappa shape index (κ1) is 27.2. The molecule has 0 unspecified atom stereocenters. The highest BCUT2D eigenvalue weighted by Crippen LogP contribution is 2.50. The molecule has 1 aliphatic heterocycles. The number of nitro groups is 1. The van der Waals surface area contributed by atoms with Gasteiger partial charge in [-0.15, -0.1) is 0 Å². The van der Waals surface area contributed by atoms with Gasteiger partial charge in [-0.2, -0.15) is 0 Å². The Morgan fingerprint density at radius 1 is 1.09 bits per heavy atom. The van der Waals surface area contributed by atoms with Crippen LogP contribution in [0, 0.1) is 10.1 Å². The summed E-state index contributed by atoms with van der Waals surface area (Å²) in [7, 11) is 0. The standard InChI is InChI=1S/C18H20ClNO14/c19-9-3-8(20(31)32)1-2-10(9)33-15-14(28)17(29,5-12(24)25)18(30,6-13(26)27)16(7-21,34-15)4-11(22)23/h1-3,14-15,21,28-30H,4-7H2,(H,22,23)(H,24,25)(H,26,27)/t14-,15-,16+,17+,18+/m0/s1. The van der Waals surface area contributed by atoms with Gasteiger partial charge in [0.05, 0.1) is 35.8 Å². The first-order chi connectivity index (χ1) is 15.6. The van der Waals surface area contributed by atoms with Gasteiger partial charge in [-0.3, -0.25) is 24.5 Å². The lowest BCUT2D eigenvalue weighted by atomic mass is 9.62. The van der Waals surface area contributed by atoms with Gasteiger partial charge in [0.15, 0.2) is 0 Å². The number of carbonyl (C=O) groups is 3. The summed E-state index contributed by atoms with van der Waals surface area (Å²) in [6.45, 7) is -1.47. The Morgan fingerprint density at radius 2 is 1.65 bits per heavy atom. The van der Waals surface area contributed by atoms with Gasteiger partial charge in [-0.1, -0.05) is 11.6 Å². The summed E-state index contributed by atoms with van der Waals surface area (Å²) in [5, 5.41) is 81.4. The molecule has 5 atom stereocenters. The molecule has 15 nitrogen and oxygen atoms in total. The fraction of sp³-hybridized carbons (Fsp3) is 0.500. The predicted molar refractivity (Wildman–Crippen MR) is 106 cm³/mol. The number of nitrogens with zero attached hydrogens (tertiary/aromatic N) is 1. The zero-order valence-corrected chi connectivity index (χ0v) is 17.8. The van der Waals surface area contributed by atoms with Crippen molar-refractivity contribution in [2.24, 2.45) is 0 Å². The second-order valence-corrected chi connectivity index (χ2v) is 7.98. The molecule has 188 valence electrons. The van der Waals surface area contributed by atoms with Crippen LogP contribution in [0.15, 0.2) is 18.2 Å². The Morgan fingerprint density at radius 3 is 2.09 bits per heavy atom. The lowest BCUT2D eigenvalue weighted by Crippen LogP contribution is -2.81. The third-order valence-electron chi connectivity index (χ3n) is 5.45. The number of non-ortho nitro benzene ring substituents is 1. The monoisotopic (exact) mass is 509 g/mol. The lowest BCUT2D eigenvalue weighted by Gasteiger charge is -2.59. The molecule has 2 rings (SSSR count). The third kappa shape index (κ3) is 4.75. The highest BCUT2D eigenvalue weighted by Gasteiger charge is 2.73. The van der Waals surface area contributed by atoms with Crippen molar-refractivity contribution in [2.75, 3.05) is 6.61 Å². The van der Waals surface area contributed by atoms with E-state index in [1.807, 2.05) is 0 Å². The SMILES string of the molecule is O=C(O)C[C@]1(CO)O[C@H](Oc2ccc([N+](=O)[O-])cc2Cl)[C@H](O)[C@](O)(CC(=O)O)[C@@]1(O)CC(=O)O. The second kappa shape index (κ2) is 9.65. The van der Waals surface area contributed by atoms with Gasteiger partial charge < -0.3 is 45.2 Å². The van der Waals surface area contributed by atoms with Crippen LogP contribution in [0.2, 0.25) is 5.02 Å². The minimum absolute atomic E-state index is 0.411. The van der Waals surface area contributed by atoms with Crippen molar-refractivity contribution in [3.05, 3.63) is 33.3 Å². The molecular formula is C18H20ClNO14. The lowest BCUT2D eigenvalue weighted by molar-refractivity contribution is -0.388. The topological polar surface area (TPSA) is 254 Å². The average Bonchev–Trinajstić information content (AvgIpc) is 2.70. The second-order valence-electron chi connectivity index (χ2n) is 7.57. The molecule has 0 saturated carbocycles. The first-order valence-corrected chi connectivity index (χ1v) is 9.68. The zero-order chi connectivity index (χ0) is 26.1. The van der Waals surface area contributed by atoms with Gasteiger partial charge in [-0.25, -0.2) is 0 Å². The molecule has 0 aromatic heterocycles. The van der Waals surface area contributed by atoms with Crippen molar-refractivity contribution < 1.29 is 64.5 Å². The summed E-state index contributed by atoms with van der Waals surface area (Å²) < 4.78 is 10.6. The van der Waals surface area contributed by atoms with Gasteiger partial charge in [0, 0.05) is 12.1 Å². The molecule has 0 amide bonds. The molecule has 16 heteroatoms. The molecule has 0 spiro atoms. The van der Waals surface area contributed by atoms with Gasteiger partial charge >= 0.3 is 17.9 Å². The van der Waals surface area contributed by atoms with Gasteiger partial charge in [0.2, 0.25) is 6.29 Å². The molecular weight excluding hydrogens is 490 g/mol. The Bertz CT molecular complexity index is 983. The van der Waals surface area contributed by atoms with E-state index in [0.29, 0.717) is 0 Å². The summed E-state index contributed by atoms with van der Waals surface area (Å²) in [5.41, 5.74) is -10.1. The van der Waals surface area contributed by atoms with Crippen molar-refractivity contribution in [1.29, 1.82) is 0 Å². The van der Waals surface area contributed by atoms with E-state index >= 15 is 0 Å². The molecule has 1 saturated heterocycles. The number of aliphatic hydroxyl groups is 4. The highest BCUT2D eigenvalue weighted by molar-refractivity contribution is 6.32. The summed E-state index contributed by atoms with van der Waals surface area (Å²) in [4.78, 5) is 44.5. The Labute approximate surface area is 194 Å².